The van der Waals surface area contributed by atoms with E-state index in [1.54, 1.807) is 0 Å². The van der Waals surface area contributed by atoms with E-state index in [0.717, 1.165) is 6.07 Å². The third-order valence-electron chi connectivity index (χ3n) is 2.57. The SMILES string of the molecule is CCCC(C(=O)O)C(O)c1cc(F)ccc1Br. The molecule has 0 radical (unpaired) electrons. The van der Waals surface area contributed by atoms with Gasteiger partial charge in [-0.05, 0) is 30.2 Å². The molecule has 0 saturated heterocycles. The van der Waals surface area contributed by atoms with E-state index in [1.807, 2.05) is 6.92 Å². The number of benzene rings is 1. The first kappa shape index (κ1) is 14.1. The molecule has 0 bridgehead atoms. The summed E-state index contributed by atoms with van der Waals surface area (Å²) in [5, 5.41) is 19.0. The molecule has 0 spiro atoms. The van der Waals surface area contributed by atoms with Crippen molar-refractivity contribution < 1.29 is 19.4 Å². The van der Waals surface area contributed by atoms with Crippen molar-refractivity contribution in [1.29, 1.82) is 0 Å². The number of aliphatic hydroxyl groups excluding tert-OH is 1. The summed E-state index contributed by atoms with van der Waals surface area (Å²) in [6, 6.07) is 3.86. The molecule has 2 unspecified atom stereocenters. The van der Waals surface area contributed by atoms with Crippen LogP contribution in [0.2, 0.25) is 0 Å². The molecule has 0 aliphatic carbocycles. The van der Waals surface area contributed by atoms with Crippen molar-refractivity contribution in [1.82, 2.24) is 0 Å². The maximum Gasteiger partial charge on any atom is 0.309 e. The van der Waals surface area contributed by atoms with E-state index in [2.05, 4.69) is 15.9 Å². The van der Waals surface area contributed by atoms with Crippen molar-refractivity contribution in [3.05, 3.63) is 34.1 Å². The lowest BCUT2D eigenvalue weighted by molar-refractivity contribution is -0.146. The van der Waals surface area contributed by atoms with E-state index in [9.17, 15) is 14.3 Å². The molecular weight excluding hydrogens is 291 g/mol. The fraction of sp³-hybridized carbons (Fsp3) is 0.417. The largest absolute Gasteiger partial charge is 0.481 e. The molecule has 0 heterocycles. The lowest BCUT2D eigenvalue weighted by atomic mass is 9.92. The van der Waals surface area contributed by atoms with Gasteiger partial charge in [-0.25, -0.2) is 4.39 Å². The molecule has 0 aromatic heterocycles. The van der Waals surface area contributed by atoms with Crippen LogP contribution in [-0.4, -0.2) is 16.2 Å². The van der Waals surface area contributed by atoms with Crippen LogP contribution < -0.4 is 0 Å². The van der Waals surface area contributed by atoms with Gasteiger partial charge in [0.2, 0.25) is 0 Å². The summed E-state index contributed by atoms with van der Waals surface area (Å²) in [5.74, 6) is -2.49. The zero-order chi connectivity index (χ0) is 13.0. The fourth-order valence-electron chi connectivity index (χ4n) is 1.69. The second-order valence-electron chi connectivity index (χ2n) is 3.84. The van der Waals surface area contributed by atoms with Gasteiger partial charge in [0.1, 0.15) is 5.82 Å². The van der Waals surface area contributed by atoms with Gasteiger partial charge in [0.25, 0.3) is 0 Å². The quantitative estimate of drug-likeness (QED) is 0.878. The van der Waals surface area contributed by atoms with E-state index in [1.165, 1.54) is 12.1 Å². The summed E-state index contributed by atoms with van der Waals surface area (Å²) >= 11 is 3.18. The molecular formula is C12H14BrFO3. The van der Waals surface area contributed by atoms with Crippen LogP contribution in [0.3, 0.4) is 0 Å². The lowest BCUT2D eigenvalue weighted by Gasteiger charge is -2.20. The second-order valence-corrected chi connectivity index (χ2v) is 4.70. The van der Waals surface area contributed by atoms with Crippen LogP contribution >= 0.6 is 15.9 Å². The molecule has 0 aliphatic rings. The second kappa shape index (κ2) is 6.12. The minimum atomic E-state index is -1.21. The predicted octanol–water partition coefficient (Wildman–Crippen LogP) is 3.12. The molecule has 1 rings (SSSR count). The highest BCUT2D eigenvalue weighted by molar-refractivity contribution is 9.10. The highest BCUT2D eigenvalue weighted by Crippen LogP contribution is 2.31. The summed E-state index contributed by atoms with van der Waals surface area (Å²) < 4.78 is 13.6. The Kier molecular flexibility index (Phi) is 5.08. The maximum absolute atomic E-state index is 13.1. The fourth-order valence-corrected chi connectivity index (χ4v) is 2.17. The van der Waals surface area contributed by atoms with E-state index in [-0.39, 0.29) is 5.56 Å². The number of carboxylic acids is 1. The van der Waals surface area contributed by atoms with E-state index in [0.29, 0.717) is 17.3 Å². The standard InChI is InChI=1S/C12H14BrFO3/c1-2-3-8(12(16)17)11(15)9-6-7(14)4-5-10(9)13/h4-6,8,11,15H,2-3H2,1H3,(H,16,17). The number of carbonyl (C=O) groups is 1. The van der Waals surface area contributed by atoms with Crippen LogP contribution in [-0.2, 0) is 4.79 Å². The Labute approximate surface area is 107 Å². The molecule has 0 fully saturated rings. The van der Waals surface area contributed by atoms with Crippen molar-refractivity contribution in [2.45, 2.75) is 25.9 Å². The molecule has 0 saturated carbocycles. The van der Waals surface area contributed by atoms with E-state index in [4.69, 9.17) is 5.11 Å². The average Bonchev–Trinajstić information content (AvgIpc) is 2.28. The summed E-state index contributed by atoms with van der Waals surface area (Å²) in [7, 11) is 0. The van der Waals surface area contributed by atoms with Crippen molar-refractivity contribution in [3.8, 4) is 0 Å². The maximum atomic E-state index is 13.1. The van der Waals surface area contributed by atoms with Crippen molar-refractivity contribution in [2.75, 3.05) is 0 Å². The van der Waals surface area contributed by atoms with Gasteiger partial charge in [-0.3, -0.25) is 4.79 Å². The minimum Gasteiger partial charge on any atom is -0.481 e. The number of hydrogen-bond acceptors (Lipinski definition) is 2. The molecule has 1 aromatic rings. The third-order valence-corrected chi connectivity index (χ3v) is 3.30. The molecule has 5 heteroatoms. The zero-order valence-corrected chi connectivity index (χ0v) is 10.9. The first-order valence-electron chi connectivity index (χ1n) is 5.33. The van der Waals surface area contributed by atoms with Gasteiger partial charge in [0.15, 0.2) is 0 Å². The Hall–Kier alpha value is -0.940. The Morgan fingerprint density at radius 3 is 2.71 bits per heavy atom. The Morgan fingerprint density at radius 2 is 2.18 bits per heavy atom. The molecule has 0 amide bonds. The van der Waals surface area contributed by atoms with Crippen LogP contribution in [0.1, 0.15) is 31.4 Å². The van der Waals surface area contributed by atoms with E-state index >= 15 is 0 Å². The van der Waals surface area contributed by atoms with Gasteiger partial charge in [-0.2, -0.15) is 0 Å². The molecule has 2 N–H and O–H groups in total. The van der Waals surface area contributed by atoms with Gasteiger partial charge in [-0.1, -0.05) is 29.3 Å². The molecule has 17 heavy (non-hydrogen) atoms. The highest BCUT2D eigenvalue weighted by atomic mass is 79.9. The van der Waals surface area contributed by atoms with Crippen LogP contribution in [0.5, 0.6) is 0 Å². The average molecular weight is 305 g/mol. The van der Waals surface area contributed by atoms with Gasteiger partial charge in [-0.15, -0.1) is 0 Å². The Morgan fingerprint density at radius 1 is 1.53 bits per heavy atom. The van der Waals surface area contributed by atoms with Gasteiger partial charge < -0.3 is 10.2 Å². The number of carboxylic acid groups (broad SMARTS) is 1. The van der Waals surface area contributed by atoms with Crippen molar-refractivity contribution in [3.63, 3.8) is 0 Å². The Bertz CT molecular complexity index is 409. The first-order valence-corrected chi connectivity index (χ1v) is 6.12. The molecule has 0 aliphatic heterocycles. The van der Waals surface area contributed by atoms with E-state index < -0.39 is 23.8 Å². The molecule has 1 aromatic carbocycles. The van der Waals surface area contributed by atoms with Gasteiger partial charge >= 0.3 is 5.97 Å². The zero-order valence-electron chi connectivity index (χ0n) is 9.36. The summed E-state index contributed by atoms with van der Waals surface area (Å²) in [6.07, 6.45) is -0.224. The van der Waals surface area contributed by atoms with Gasteiger partial charge in [0, 0.05) is 4.47 Å². The summed E-state index contributed by atoms with van der Waals surface area (Å²) in [6.45, 7) is 1.84. The van der Waals surface area contributed by atoms with Crippen LogP contribution in [0.25, 0.3) is 0 Å². The number of hydrogen-bond donors (Lipinski definition) is 2. The Balaban J connectivity index is 3.04. The predicted molar refractivity (Wildman–Crippen MR) is 65.1 cm³/mol. The molecule has 94 valence electrons. The normalized spacial score (nSPS) is 14.4. The van der Waals surface area contributed by atoms with Gasteiger partial charge in [0.05, 0.1) is 12.0 Å². The topological polar surface area (TPSA) is 57.5 Å². The molecule has 3 nitrogen and oxygen atoms in total. The molecule has 2 atom stereocenters. The smallest absolute Gasteiger partial charge is 0.309 e. The summed E-state index contributed by atoms with van der Waals surface area (Å²) in [5.41, 5.74) is 0.269. The third kappa shape index (κ3) is 3.51. The monoisotopic (exact) mass is 304 g/mol. The highest BCUT2D eigenvalue weighted by Gasteiger charge is 2.28. The first-order chi connectivity index (χ1) is 7.97. The van der Waals surface area contributed by atoms with Crippen LogP contribution in [0.15, 0.2) is 22.7 Å². The van der Waals surface area contributed by atoms with Crippen LogP contribution in [0, 0.1) is 11.7 Å². The minimum absolute atomic E-state index is 0.269. The van der Waals surface area contributed by atoms with Crippen LogP contribution in [0.4, 0.5) is 4.39 Å². The number of halogens is 2. The number of aliphatic hydroxyl groups is 1. The van der Waals surface area contributed by atoms with Crippen molar-refractivity contribution >= 4 is 21.9 Å². The number of aliphatic carboxylic acids is 1. The number of rotatable bonds is 5. The van der Waals surface area contributed by atoms with Crippen molar-refractivity contribution in [2.24, 2.45) is 5.92 Å². The lowest BCUT2D eigenvalue weighted by Crippen LogP contribution is -2.22. The summed E-state index contributed by atoms with van der Waals surface area (Å²) in [4.78, 5) is 11.0.